The third-order valence-electron chi connectivity index (χ3n) is 4.37. The number of hydrogen-bond donors (Lipinski definition) is 1. The van der Waals surface area contributed by atoms with Crippen molar-refractivity contribution in [2.75, 3.05) is 5.32 Å². The van der Waals surface area contributed by atoms with Gasteiger partial charge in [0.05, 0.1) is 11.3 Å². The summed E-state index contributed by atoms with van der Waals surface area (Å²) >= 11 is 0. The van der Waals surface area contributed by atoms with Crippen molar-refractivity contribution in [1.82, 2.24) is 15.0 Å². The van der Waals surface area contributed by atoms with Crippen LogP contribution in [0.1, 0.15) is 17.3 Å². The summed E-state index contributed by atoms with van der Waals surface area (Å²) in [6, 6.07) is 16.1. The molecular formula is C23H17F3N4O2. The van der Waals surface area contributed by atoms with Gasteiger partial charge < -0.3 is 10.1 Å². The number of anilines is 1. The number of carbonyl (C=O) groups is 1. The number of hydrogen-bond acceptors (Lipinski definition) is 5. The highest BCUT2D eigenvalue weighted by Crippen LogP contribution is 2.39. The lowest BCUT2D eigenvalue weighted by molar-refractivity contribution is -0.138. The minimum absolute atomic E-state index is 0. The van der Waals surface area contributed by atoms with Gasteiger partial charge >= 0.3 is 12.2 Å². The summed E-state index contributed by atoms with van der Waals surface area (Å²) in [5, 5.41) is 2.56. The average Bonchev–Trinajstić information content (AvgIpc) is 2.80. The van der Waals surface area contributed by atoms with Crippen molar-refractivity contribution in [3.8, 4) is 23.0 Å². The Hall–Kier alpha value is -4.27. The molecule has 1 amide bonds. The van der Waals surface area contributed by atoms with Crippen LogP contribution in [0.3, 0.4) is 0 Å². The highest BCUT2D eigenvalue weighted by Gasteiger charge is 2.35. The van der Waals surface area contributed by atoms with Gasteiger partial charge in [-0.3, -0.25) is 9.78 Å². The lowest BCUT2D eigenvalue weighted by atomic mass is 10.1. The molecule has 0 saturated carbocycles. The molecular weight excluding hydrogens is 421 g/mol. The molecule has 0 spiro atoms. The van der Waals surface area contributed by atoms with Crippen LogP contribution in [0, 0.1) is 0 Å². The topological polar surface area (TPSA) is 77.0 Å². The van der Waals surface area contributed by atoms with Crippen molar-refractivity contribution in [2.24, 2.45) is 0 Å². The van der Waals surface area contributed by atoms with Crippen LogP contribution in [0.25, 0.3) is 11.3 Å². The quantitative estimate of drug-likeness (QED) is 0.423. The van der Waals surface area contributed by atoms with E-state index in [4.69, 9.17) is 4.74 Å². The molecule has 0 aliphatic rings. The Morgan fingerprint density at radius 2 is 1.78 bits per heavy atom. The highest BCUT2D eigenvalue weighted by atomic mass is 19.4. The Kier molecular flexibility index (Phi) is 5.80. The molecule has 9 heteroatoms. The van der Waals surface area contributed by atoms with E-state index < -0.39 is 23.4 Å². The number of nitrogens with one attached hydrogen (secondary N) is 1. The standard InChI is InChI=1S/C23H15F3N4O2.H2/c24-23(25,26)18-9-8-17(29-21(31)15-5-2-1-3-6-15)13-20(18)32-22-28-12-10-19(30-22)16-7-4-11-27-14-16;/h1-14H,(H,29,31);1H. The van der Waals surface area contributed by atoms with Crippen LogP contribution in [0.5, 0.6) is 11.8 Å². The molecule has 6 nitrogen and oxygen atoms in total. The molecule has 2 aromatic carbocycles. The Bertz CT molecular complexity index is 1240. The van der Waals surface area contributed by atoms with Gasteiger partial charge in [0.1, 0.15) is 5.75 Å². The van der Waals surface area contributed by atoms with Gasteiger partial charge in [0.25, 0.3) is 5.91 Å². The largest absolute Gasteiger partial charge is 0.424 e. The van der Waals surface area contributed by atoms with Crippen LogP contribution >= 0.6 is 0 Å². The fourth-order valence-electron chi connectivity index (χ4n) is 2.87. The smallest absolute Gasteiger partial charge is 0.419 e. The molecule has 4 aromatic rings. The first-order chi connectivity index (χ1) is 15.4. The van der Waals surface area contributed by atoms with Crippen molar-refractivity contribution in [1.29, 1.82) is 0 Å². The van der Waals surface area contributed by atoms with E-state index in [0.29, 0.717) is 16.8 Å². The van der Waals surface area contributed by atoms with Gasteiger partial charge in [-0.25, -0.2) is 4.98 Å². The number of aromatic nitrogens is 3. The first-order valence-corrected chi connectivity index (χ1v) is 9.39. The minimum atomic E-state index is -4.68. The molecule has 162 valence electrons. The van der Waals surface area contributed by atoms with Crippen LogP contribution in [0.15, 0.2) is 85.3 Å². The fourth-order valence-corrected chi connectivity index (χ4v) is 2.87. The van der Waals surface area contributed by atoms with Gasteiger partial charge in [-0.1, -0.05) is 18.2 Å². The zero-order chi connectivity index (χ0) is 22.6. The van der Waals surface area contributed by atoms with Crippen LogP contribution in [-0.4, -0.2) is 20.9 Å². The molecule has 2 aromatic heterocycles. The Morgan fingerprint density at radius 3 is 2.50 bits per heavy atom. The number of rotatable bonds is 5. The summed E-state index contributed by atoms with van der Waals surface area (Å²) in [7, 11) is 0. The molecule has 32 heavy (non-hydrogen) atoms. The molecule has 0 fully saturated rings. The Labute approximate surface area is 182 Å². The van der Waals surface area contributed by atoms with Crippen LogP contribution < -0.4 is 10.1 Å². The summed E-state index contributed by atoms with van der Waals surface area (Å²) in [4.78, 5) is 24.4. The lowest BCUT2D eigenvalue weighted by Crippen LogP contribution is -2.13. The van der Waals surface area contributed by atoms with Crippen molar-refractivity contribution in [2.45, 2.75) is 6.18 Å². The third kappa shape index (κ3) is 4.89. The number of amides is 1. The minimum Gasteiger partial charge on any atom is -0.424 e. The van der Waals surface area contributed by atoms with E-state index in [0.717, 1.165) is 18.2 Å². The molecule has 0 radical (unpaired) electrons. The molecule has 2 heterocycles. The van der Waals surface area contributed by atoms with E-state index in [-0.39, 0.29) is 13.1 Å². The van der Waals surface area contributed by atoms with Crippen molar-refractivity contribution >= 4 is 11.6 Å². The third-order valence-corrected chi connectivity index (χ3v) is 4.37. The molecule has 0 bridgehead atoms. The number of benzene rings is 2. The van der Waals surface area contributed by atoms with Gasteiger partial charge in [0.2, 0.25) is 0 Å². The Balaban J connectivity index is 0.00000306. The van der Waals surface area contributed by atoms with E-state index in [2.05, 4.69) is 20.3 Å². The second kappa shape index (κ2) is 8.84. The number of pyridine rings is 1. The summed E-state index contributed by atoms with van der Waals surface area (Å²) in [5.41, 5.74) is 0.558. The number of carbonyl (C=O) groups excluding carboxylic acids is 1. The summed E-state index contributed by atoms with van der Waals surface area (Å²) < 4.78 is 46.0. The summed E-state index contributed by atoms with van der Waals surface area (Å²) in [6.45, 7) is 0. The van der Waals surface area contributed by atoms with Crippen LogP contribution in [-0.2, 0) is 6.18 Å². The predicted octanol–water partition coefficient (Wildman–Crippen LogP) is 5.85. The van der Waals surface area contributed by atoms with Gasteiger partial charge in [-0.15, -0.1) is 0 Å². The number of halogens is 3. The van der Waals surface area contributed by atoms with Crippen LogP contribution in [0.2, 0.25) is 0 Å². The number of nitrogens with zero attached hydrogens (tertiary/aromatic N) is 3. The second-order valence-corrected chi connectivity index (χ2v) is 6.60. The predicted molar refractivity (Wildman–Crippen MR) is 113 cm³/mol. The van der Waals surface area contributed by atoms with Gasteiger partial charge in [-0.2, -0.15) is 18.2 Å². The van der Waals surface area contributed by atoms with E-state index in [1.165, 1.54) is 6.20 Å². The van der Waals surface area contributed by atoms with E-state index in [1.54, 1.807) is 60.9 Å². The van der Waals surface area contributed by atoms with Crippen molar-refractivity contribution < 1.29 is 24.1 Å². The number of alkyl halides is 3. The van der Waals surface area contributed by atoms with E-state index >= 15 is 0 Å². The fraction of sp³-hybridized carbons (Fsp3) is 0.0435. The van der Waals surface area contributed by atoms with Gasteiger partial charge in [-0.05, 0) is 42.5 Å². The molecule has 0 aliphatic heterocycles. The zero-order valence-corrected chi connectivity index (χ0v) is 16.4. The monoisotopic (exact) mass is 438 g/mol. The SMILES string of the molecule is O=C(Nc1ccc(C(F)(F)F)c(Oc2nccc(-c3cccnc3)n2)c1)c1ccccc1.[HH]. The maximum Gasteiger partial charge on any atom is 0.419 e. The summed E-state index contributed by atoms with van der Waals surface area (Å²) in [6.07, 6.45) is -0.156. The average molecular weight is 438 g/mol. The van der Waals surface area contributed by atoms with Gasteiger partial charge in [0.15, 0.2) is 0 Å². The Morgan fingerprint density at radius 1 is 0.969 bits per heavy atom. The molecule has 0 saturated heterocycles. The molecule has 4 rings (SSSR count). The van der Waals surface area contributed by atoms with Crippen molar-refractivity contribution in [3.05, 3.63) is 96.4 Å². The molecule has 1 N–H and O–H groups in total. The maximum atomic E-state index is 13.5. The van der Waals surface area contributed by atoms with Crippen molar-refractivity contribution in [3.63, 3.8) is 0 Å². The van der Waals surface area contributed by atoms with Crippen LogP contribution in [0.4, 0.5) is 18.9 Å². The first-order valence-electron chi connectivity index (χ1n) is 9.39. The summed E-state index contributed by atoms with van der Waals surface area (Å²) in [5.74, 6) is -1.00. The van der Waals surface area contributed by atoms with E-state index in [9.17, 15) is 18.0 Å². The highest BCUT2D eigenvalue weighted by molar-refractivity contribution is 6.04. The normalized spacial score (nSPS) is 11.1. The maximum absolute atomic E-state index is 13.5. The lowest BCUT2D eigenvalue weighted by Gasteiger charge is -2.15. The zero-order valence-electron chi connectivity index (χ0n) is 16.4. The van der Waals surface area contributed by atoms with Gasteiger partial charge in [0, 0.05) is 42.9 Å². The number of ether oxygens (including phenoxy) is 1. The molecule has 0 unspecified atom stereocenters. The molecule has 0 atom stereocenters. The first kappa shape index (κ1) is 21.0. The van der Waals surface area contributed by atoms with E-state index in [1.807, 2.05) is 0 Å². The second-order valence-electron chi connectivity index (χ2n) is 6.60. The molecule has 0 aliphatic carbocycles.